The standard InChI is InChI=1S/C6H11.Li/c1-2-3-6-4-5-6;/h2-5H2,1H3;. The third-order valence-electron chi connectivity index (χ3n) is 1.96. The fourth-order valence-electron chi connectivity index (χ4n) is 1.07. The Morgan fingerprint density at radius 1 is 1.57 bits per heavy atom. The van der Waals surface area contributed by atoms with E-state index in [1.54, 1.807) is 0 Å². The van der Waals surface area contributed by atoms with Gasteiger partial charge in [-0.15, -0.1) is 0 Å². The first kappa shape index (κ1) is 5.73. The number of rotatable bonds is 2. The van der Waals surface area contributed by atoms with Gasteiger partial charge in [0.15, 0.2) is 0 Å². The first-order valence-electron chi connectivity index (χ1n) is 3.27. The molecule has 0 spiro atoms. The van der Waals surface area contributed by atoms with Gasteiger partial charge in [-0.05, 0) is 0 Å². The van der Waals surface area contributed by atoms with Crippen LogP contribution in [0.3, 0.4) is 0 Å². The van der Waals surface area contributed by atoms with Gasteiger partial charge in [-0.3, -0.25) is 0 Å². The molecule has 0 atom stereocenters. The number of hydrogen-bond donors (Lipinski definition) is 0. The van der Waals surface area contributed by atoms with E-state index in [9.17, 15) is 0 Å². The van der Waals surface area contributed by atoms with Crippen LogP contribution in [0.1, 0.15) is 32.6 Å². The molecule has 0 amide bonds. The minimum absolute atomic E-state index is 0.800. The maximum atomic E-state index is 2.39. The first-order chi connectivity index (χ1) is 3.27. The molecule has 0 N–H and O–H groups in total. The zero-order valence-corrected chi connectivity index (χ0v) is 5.33. The fourth-order valence-corrected chi connectivity index (χ4v) is 1.07. The monoisotopic (exact) mass is 90.1 g/mol. The molecule has 0 aromatic carbocycles. The molecule has 1 fully saturated rings. The van der Waals surface area contributed by atoms with Crippen molar-refractivity contribution >= 4 is 17.7 Å². The molecule has 1 aliphatic rings. The predicted molar refractivity (Wildman–Crippen MR) is 32.6 cm³/mol. The van der Waals surface area contributed by atoms with Crippen LogP contribution in [-0.4, -0.2) is 17.7 Å². The third kappa shape index (κ3) is 1.51. The maximum absolute atomic E-state index is 2.39. The molecule has 36 valence electrons. The summed E-state index contributed by atoms with van der Waals surface area (Å²) in [5, 5.41) is 0. The van der Waals surface area contributed by atoms with Gasteiger partial charge < -0.3 is 0 Å². The Hall–Kier alpha value is 0.597. The van der Waals surface area contributed by atoms with Crippen LogP contribution in [0.2, 0.25) is 4.09 Å². The normalized spacial score (nSPS) is 25.0. The molecule has 1 saturated carbocycles. The van der Waals surface area contributed by atoms with E-state index in [0.717, 1.165) is 4.09 Å². The van der Waals surface area contributed by atoms with Crippen LogP contribution in [0.4, 0.5) is 0 Å². The van der Waals surface area contributed by atoms with Crippen LogP contribution < -0.4 is 0 Å². The summed E-state index contributed by atoms with van der Waals surface area (Å²) < 4.78 is 0.800. The molecule has 1 heteroatoms. The molecule has 0 saturated heterocycles. The molecular formula is C6H11Li. The molecule has 7 heavy (non-hydrogen) atoms. The van der Waals surface area contributed by atoms with E-state index in [2.05, 4.69) is 24.6 Å². The fraction of sp³-hybridized carbons (Fsp3) is 1.00. The summed E-state index contributed by atoms with van der Waals surface area (Å²) in [6.07, 6.45) is 5.80. The van der Waals surface area contributed by atoms with Crippen LogP contribution >= 0.6 is 0 Å². The van der Waals surface area contributed by atoms with E-state index >= 15 is 0 Å². The molecule has 0 heterocycles. The molecule has 1 rings (SSSR count). The van der Waals surface area contributed by atoms with Crippen molar-refractivity contribution in [3.63, 3.8) is 0 Å². The number of hydrogen-bond acceptors (Lipinski definition) is 0. The Kier molecular flexibility index (Phi) is 1.51. The Morgan fingerprint density at radius 2 is 2.14 bits per heavy atom. The van der Waals surface area contributed by atoms with Crippen LogP contribution in [0.15, 0.2) is 0 Å². The molecular weight excluding hydrogens is 79.0 g/mol. The topological polar surface area (TPSA) is 0 Å². The van der Waals surface area contributed by atoms with Gasteiger partial charge in [-0.25, -0.2) is 0 Å². The second-order valence-corrected chi connectivity index (χ2v) is 3.06. The Bertz CT molecular complexity index is 64.6. The average molecular weight is 90.1 g/mol. The zero-order valence-electron chi connectivity index (χ0n) is 5.33. The summed E-state index contributed by atoms with van der Waals surface area (Å²) in [7, 11) is 0. The van der Waals surface area contributed by atoms with E-state index in [4.69, 9.17) is 0 Å². The van der Waals surface area contributed by atoms with Crippen LogP contribution in [-0.2, 0) is 0 Å². The molecule has 0 aliphatic heterocycles. The molecule has 0 unspecified atom stereocenters. The van der Waals surface area contributed by atoms with Gasteiger partial charge in [0, 0.05) is 0 Å². The summed E-state index contributed by atoms with van der Waals surface area (Å²) in [6, 6.07) is 0. The van der Waals surface area contributed by atoms with Gasteiger partial charge in [0.2, 0.25) is 0 Å². The van der Waals surface area contributed by atoms with Crippen molar-refractivity contribution in [2.24, 2.45) is 0 Å². The minimum atomic E-state index is 0.800. The van der Waals surface area contributed by atoms with Crippen molar-refractivity contribution in [1.29, 1.82) is 0 Å². The van der Waals surface area contributed by atoms with Gasteiger partial charge in [-0.1, -0.05) is 0 Å². The second-order valence-electron chi connectivity index (χ2n) is 3.06. The summed E-state index contributed by atoms with van der Waals surface area (Å²) in [6.45, 7) is 2.27. The molecule has 0 radical (unpaired) electrons. The molecule has 0 aromatic rings. The Labute approximate surface area is 54.9 Å². The quantitative estimate of drug-likeness (QED) is 0.454. The summed E-state index contributed by atoms with van der Waals surface area (Å²) in [4.78, 5) is 0. The predicted octanol–water partition coefficient (Wildman–Crippen LogP) is 1.91. The zero-order chi connectivity index (χ0) is 5.33. The molecule has 0 bridgehead atoms. The van der Waals surface area contributed by atoms with Crippen molar-refractivity contribution in [3.8, 4) is 0 Å². The van der Waals surface area contributed by atoms with Gasteiger partial charge in [0.25, 0.3) is 0 Å². The summed E-state index contributed by atoms with van der Waals surface area (Å²) in [5.41, 5.74) is 0. The van der Waals surface area contributed by atoms with Crippen molar-refractivity contribution in [1.82, 2.24) is 0 Å². The average Bonchev–Trinajstić information content (AvgIpc) is 2.22. The first-order valence-corrected chi connectivity index (χ1v) is 3.27. The van der Waals surface area contributed by atoms with Gasteiger partial charge in [0.1, 0.15) is 0 Å². The van der Waals surface area contributed by atoms with E-state index in [0.29, 0.717) is 0 Å². The van der Waals surface area contributed by atoms with Crippen molar-refractivity contribution < 1.29 is 0 Å². The van der Waals surface area contributed by atoms with Crippen molar-refractivity contribution in [2.75, 3.05) is 0 Å². The molecule has 1 aliphatic carbocycles. The summed E-state index contributed by atoms with van der Waals surface area (Å²) in [5.74, 6) is 0. The Balaban J connectivity index is 2.13. The van der Waals surface area contributed by atoms with Gasteiger partial charge in [-0.2, -0.15) is 0 Å². The van der Waals surface area contributed by atoms with E-state index in [1.165, 1.54) is 25.7 Å². The molecule has 0 aromatic heterocycles. The van der Waals surface area contributed by atoms with Gasteiger partial charge in [0.05, 0.1) is 0 Å². The third-order valence-corrected chi connectivity index (χ3v) is 1.96. The molecule has 0 nitrogen and oxygen atoms in total. The van der Waals surface area contributed by atoms with Gasteiger partial charge >= 0.3 is 54.4 Å². The van der Waals surface area contributed by atoms with Crippen LogP contribution in [0.5, 0.6) is 0 Å². The van der Waals surface area contributed by atoms with Crippen LogP contribution in [0.25, 0.3) is 0 Å². The van der Waals surface area contributed by atoms with E-state index in [-0.39, 0.29) is 0 Å². The van der Waals surface area contributed by atoms with E-state index in [1.807, 2.05) is 0 Å². The SMILES string of the molecule is [Li][C]1(CCC)CC1. The van der Waals surface area contributed by atoms with E-state index < -0.39 is 0 Å². The van der Waals surface area contributed by atoms with Crippen molar-refractivity contribution in [3.05, 3.63) is 0 Å². The Morgan fingerprint density at radius 3 is 2.29 bits per heavy atom. The summed E-state index contributed by atoms with van der Waals surface area (Å²) >= 11 is 2.39. The van der Waals surface area contributed by atoms with Crippen LogP contribution in [0, 0.1) is 0 Å². The second kappa shape index (κ2) is 1.84. The van der Waals surface area contributed by atoms with Crippen molar-refractivity contribution in [2.45, 2.75) is 36.7 Å².